The summed E-state index contributed by atoms with van der Waals surface area (Å²) >= 11 is 0. The molecular weight excluding hydrogens is 254 g/mol. The van der Waals surface area contributed by atoms with Crippen LogP contribution < -0.4 is 10.1 Å². The molecule has 4 heteroatoms. The van der Waals surface area contributed by atoms with Crippen molar-refractivity contribution in [3.05, 3.63) is 29.8 Å². The van der Waals surface area contributed by atoms with E-state index in [2.05, 4.69) is 12.2 Å². The Morgan fingerprint density at radius 3 is 2.70 bits per heavy atom. The highest BCUT2D eigenvalue weighted by molar-refractivity contribution is 5.75. The highest BCUT2D eigenvalue weighted by Crippen LogP contribution is 2.19. The highest BCUT2D eigenvalue weighted by atomic mass is 16.5. The zero-order valence-corrected chi connectivity index (χ0v) is 12.8. The van der Waals surface area contributed by atoms with Crippen molar-refractivity contribution in [2.24, 2.45) is 0 Å². The zero-order valence-electron chi connectivity index (χ0n) is 12.8. The summed E-state index contributed by atoms with van der Waals surface area (Å²) < 4.78 is 10.3. The van der Waals surface area contributed by atoms with Gasteiger partial charge in [-0.05, 0) is 38.0 Å². The van der Waals surface area contributed by atoms with E-state index in [0.717, 1.165) is 24.2 Å². The summed E-state index contributed by atoms with van der Waals surface area (Å²) in [5, 5.41) is 3.34. The molecule has 0 radical (unpaired) electrons. The number of benzene rings is 1. The quantitative estimate of drug-likeness (QED) is 0.743. The van der Waals surface area contributed by atoms with Gasteiger partial charge in [-0.25, -0.2) is 0 Å². The number of ether oxygens (including phenoxy) is 2. The third-order valence-electron chi connectivity index (χ3n) is 3.19. The summed E-state index contributed by atoms with van der Waals surface area (Å²) in [5.41, 5.74) is 1.09. The molecule has 4 nitrogen and oxygen atoms in total. The molecule has 0 aliphatic carbocycles. The third-order valence-corrected chi connectivity index (χ3v) is 3.19. The maximum absolute atomic E-state index is 11.9. The second-order valence-corrected chi connectivity index (χ2v) is 4.76. The molecule has 20 heavy (non-hydrogen) atoms. The predicted octanol–water partition coefficient (Wildman–Crippen LogP) is 3.08. The second kappa shape index (κ2) is 8.59. The molecule has 1 unspecified atom stereocenters. The summed E-state index contributed by atoms with van der Waals surface area (Å²) in [4.78, 5) is 11.9. The minimum absolute atomic E-state index is 0.0612. The van der Waals surface area contributed by atoms with Gasteiger partial charge in [0.1, 0.15) is 11.8 Å². The first-order chi connectivity index (χ1) is 9.62. The van der Waals surface area contributed by atoms with Crippen molar-refractivity contribution in [3.8, 4) is 5.75 Å². The van der Waals surface area contributed by atoms with E-state index in [1.165, 1.54) is 0 Å². The Kier molecular flexibility index (Phi) is 7.09. The number of methoxy groups -OCH3 is 1. The number of hydrogen-bond donors (Lipinski definition) is 1. The monoisotopic (exact) mass is 279 g/mol. The molecule has 0 bridgehead atoms. The topological polar surface area (TPSA) is 47.6 Å². The maximum atomic E-state index is 11.9. The molecule has 0 heterocycles. The van der Waals surface area contributed by atoms with Crippen molar-refractivity contribution in [3.63, 3.8) is 0 Å². The molecule has 0 fully saturated rings. The van der Waals surface area contributed by atoms with Gasteiger partial charge in [-0.3, -0.25) is 10.1 Å². The van der Waals surface area contributed by atoms with Gasteiger partial charge in [0.25, 0.3) is 0 Å². The Bertz CT molecular complexity index is 420. The largest absolute Gasteiger partial charge is 0.497 e. The van der Waals surface area contributed by atoms with Crippen molar-refractivity contribution >= 4 is 5.97 Å². The van der Waals surface area contributed by atoms with Crippen molar-refractivity contribution in [2.45, 2.75) is 45.7 Å². The van der Waals surface area contributed by atoms with E-state index in [0.29, 0.717) is 6.61 Å². The van der Waals surface area contributed by atoms with Crippen LogP contribution in [0.1, 0.15) is 45.2 Å². The lowest BCUT2D eigenvalue weighted by Gasteiger charge is -2.22. The molecule has 1 N–H and O–H groups in total. The number of rotatable bonds is 8. The minimum atomic E-state index is -0.263. The molecule has 2 atom stereocenters. The van der Waals surface area contributed by atoms with Crippen LogP contribution in [0.15, 0.2) is 24.3 Å². The summed E-state index contributed by atoms with van der Waals surface area (Å²) in [6.07, 6.45) is 1.70. The van der Waals surface area contributed by atoms with Crippen LogP contribution in [-0.4, -0.2) is 25.7 Å². The lowest BCUT2D eigenvalue weighted by molar-refractivity contribution is -0.146. The summed E-state index contributed by atoms with van der Waals surface area (Å²) in [7, 11) is 1.65. The van der Waals surface area contributed by atoms with Crippen LogP contribution in [0.25, 0.3) is 0 Å². The zero-order chi connectivity index (χ0) is 15.0. The molecule has 0 aliphatic rings. The van der Waals surface area contributed by atoms with Crippen molar-refractivity contribution in [1.29, 1.82) is 0 Å². The third kappa shape index (κ3) is 4.85. The molecule has 0 amide bonds. The molecule has 0 saturated carbocycles. The molecule has 0 saturated heterocycles. The first kappa shape index (κ1) is 16.5. The van der Waals surface area contributed by atoms with Crippen molar-refractivity contribution < 1.29 is 14.3 Å². The Hall–Kier alpha value is -1.55. The number of hydrogen-bond acceptors (Lipinski definition) is 4. The summed E-state index contributed by atoms with van der Waals surface area (Å²) in [5.74, 6) is 0.642. The van der Waals surface area contributed by atoms with E-state index in [9.17, 15) is 4.79 Å². The summed E-state index contributed by atoms with van der Waals surface area (Å²) in [6, 6.07) is 7.66. The first-order valence-electron chi connectivity index (χ1n) is 7.19. The lowest BCUT2D eigenvalue weighted by Crippen LogP contribution is -2.39. The van der Waals surface area contributed by atoms with Gasteiger partial charge in [-0.1, -0.05) is 25.5 Å². The maximum Gasteiger partial charge on any atom is 0.323 e. The molecule has 0 spiro atoms. The van der Waals surface area contributed by atoms with E-state index in [1.807, 2.05) is 38.1 Å². The Balaban J connectivity index is 2.73. The fraction of sp³-hybridized carbons (Fsp3) is 0.562. The van der Waals surface area contributed by atoms with Crippen LogP contribution in [0.4, 0.5) is 0 Å². The fourth-order valence-corrected chi connectivity index (χ4v) is 2.11. The molecule has 0 aromatic heterocycles. The highest BCUT2D eigenvalue weighted by Gasteiger charge is 2.21. The van der Waals surface area contributed by atoms with Crippen LogP contribution in [0.2, 0.25) is 0 Å². The number of nitrogens with one attached hydrogen (secondary N) is 1. The van der Waals surface area contributed by atoms with Crippen LogP contribution in [0.5, 0.6) is 5.75 Å². The number of carbonyl (C=O) groups excluding carboxylic acids is 1. The Morgan fingerprint density at radius 2 is 2.10 bits per heavy atom. The SMILES string of the molecule is CCCC(N[C@@H](C)c1cccc(OC)c1)C(=O)OCC. The van der Waals surface area contributed by atoms with Gasteiger partial charge in [0.05, 0.1) is 13.7 Å². The molecule has 0 aliphatic heterocycles. The predicted molar refractivity (Wildman–Crippen MR) is 79.9 cm³/mol. The van der Waals surface area contributed by atoms with E-state index >= 15 is 0 Å². The molecule has 1 aromatic carbocycles. The fourth-order valence-electron chi connectivity index (χ4n) is 2.11. The summed E-state index contributed by atoms with van der Waals surface area (Å²) in [6.45, 7) is 6.33. The van der Waals surface area contributed by atoms with E-state index in [1.54, 1.807) is 7.11 Å². The Morgan fingerprint density at radius 1 is 1.35 bits per heavy atom. The number of carbonyl (C=O) groups is 1. The van der Waals surface area contributed by atoms with Gasteiger partial charge >= 0.3 is 5.97 Å². The standard InChI is InChI=1S/C16H25NO3/c1-5-8-15(16(18)20-6-2)17-12(3)13-9-7-10-14(11-13)19-4/h7,9-12,15,17H,5-6,8H2,1-4H3/t12-,15?/m0/s1. The first-order valence-corrected chi connectivity index (χ1v) is 7.19. The van der Waals surface area contributed by atoms with Crippen LogP contribution in [-0.2, 0) is 9.53 Å². The van der Waals surface area contributed by atoms with Gasteiger partial charge < -0.3 is 9.47 Å². The van der Waals surface area contributed by atoms with Crippen LogP contribution in [0, 0.1) is 0 Å². The molecule has 112 valence electrons. The lowest BCUT2D eigenvalue weighted by atomic mass is 10.1. The van der Waals surface area contributed by atoms with Gasteiger partial charge in [0.2, 0.25) is 0 Å². The van der Waals surface area contributed by atoms with Gasteiger partial charge in [0, 0.05) is 6.04 Å². The molecule has 1 rings (SSSR count). The van der Waals surface area contributed by atoms with Gasteiger partial charge in [-0.15, -0.1) is 0 Å². The smallest absolute Gasteiger partial charge is 0.323 e. The average Bonchev–Trinajstić information content (AvgIpc) is 2.47. The second-order valence-electron chi connectivity index (χ2n) is 4.76. The van der Waals surface area contributed by atoms with Gasteiger partial charge in [-0.2, -0.15) is 0 Å². The van der Waals surface area contributed by atoms with E-state index in [-0.39, 0.29) is 18.1 Å². The number of esters is 1. The van der Waals surface area contributed by atoms with E-state index in [4.69, 9.17) is 9.47 Å². The van der Waals surface area contributed by atoms with Crippen LogP contribution in [0.3, 0.4) is 0 Å². The van der Waals surface area contributed by atoms with Crippen molar-refractivity contribution in [2.75, 3.05) is 13.7 Å². The normalized spacial score (nSPS) is 13.6. The Labute approximate surface area is 121 Å². The van der Waals surface area contributed by atoms with E-state index < -0.39 is 0 Å². The van der Waals surface area contributed by atoms with Crippen LogP contribution >= 0.6 is 0 Å². The van der Waals surface area contributed by atoms with Gasteiger partial charge in [0.15, 0.2) is 0 Å². The minimum Gasteiger partial charge on any atom is -0.497 e. The average molecular weight is 279 g/mol. The molecular formula is C16H25NO3. The van der Waals surface area contributed by atoms with Crippen molar-refractivity contribution in [1.82, 2.24) is 5.32 Å². The molecule has 1 aromatic rings.